The van der Waals surface area contributed by atoms with Gasteiger partial charge in [-0.05, 0) is 19.9 Å². The second-order valence-corrected chi connectivity index (χ2v) is 5.92. The lowest BCUT2D eigenvalue weighted by Gasteiger charge is -2.39. The summed E-state index contributed by atoms with van der Waals surface area (Å²) in [6.07, 6.45) is 2.02. The van der Waals surface area contributed by atoms with Crippen LogP contribution in [0.5, 0.6) is 0 Å². The van der Waals surface area contributed by atoms with Gasteiger partial charge in [0.05, 0.1) is 4.87 Å². The SMILES string of the molecule is COC(CC1(C)NCCC(C)S1)OC. The second-order valence-electron chi connectivity index (χ2n) is 3.98. The number of methoxy groups -OCH3 is 2. The zero-order valence-corrected chi connectivity index (χ0v) is 10.3. The van der Waals surface area contributed by atoms with Crippen LogP contribution in [0.1, 0.15) is 26.7 Å². The van der Waals surface area contributed by atoms with E-state index in [4.69, 9.17) is 9.47 Å². The molecule has 1 saturated heterocycles. The van der Waals surface area contributed by atoms with Crippen molar-refractivity contribution >= 4 is 11.8 Å². The van der Waals surface area contributed by atoms with Gasteiger partial charge < -0.3 is 14.8 Å². The van der Waals surface area contributed by atoms with Gasteiger partial charge in [-0.2, -0.15) is 0 Å². The Balaban J connectivity index is 2.46. The first-order valence-electron chi connectivity index (χ1n) is 5.08. The zero-order chi connectivity index (χ0) is 10.6. The zero-order valence-electron chi connectivity index (χ0n) is 9.50. The van der Waals surface area contributed by atoms with Crippen molar-refractivity contribution in [2.75, 3.05) is 20.8 Å². The summed E-state index contributed by atoms with van der Waals surface area (Å²) in [7, 11) is 3.38. The minimum absolute atomic E-state index is 0.0916. The molecule has 0 aromatic carbocycles. The lowest BCUT2D eigenvalue weighted by Crippen LogP contribution is -2.48. The molecule has 1 heterocycles. The molecule has 1 aliphatic heterocycles. The normalized spacial score (nSPS) is 33.6. The highest BCUT2D eigenvalue weighted by atomic mass is 32.2. The molecule has 2 atom stereocenters. The molecule has 0 saturated carbocycles. The topological polar surface area (TPSA) is 30.5 Å². The van der Waals surface area contributed by atoms with E-state index in [1.54, 1.807) is 14.2 Å². The average molecular weight is 219 g/mol. The molecule has 84 valence electrons. The van der Waals surface area contributed by atoms with Crippen molar-refractivity contribution in [3.8, 4) is 0 Å². The van der Waals surface area contributed by atoms with E-state index in [-0.39, 0.29) is 11.2 Å². The highest BCUT2D eigenvalue weighted by Gasteiger charge is 2.33. The number of nitrogens with one attached hydrogen (secondary N) is 1. The Bertz CT molecular complexity index is 176. The molecule has 0 bridgehead atoms. The quantitative estimate of drug-likeness (QED) is 0.731. The lowest BCUT2D eigenvalue weighted by atomic mass is 10.2. The number of rotatable bonds is 4. The predicted octanol–water partition coefficient (Wildman–Crippen LogP) is 1.83. The van der Waals surface area contributed by atoms with E-state index in [0.717, 1.165) is 18.2 Å². The van der Waals surface area contributed by atoms with Gasteiger partial charge >= 0.3 is 0 Å². The van der Waals surface area contributed by atoms with Crippen molar-refractivity contribution < 1.29 is 9.47 Å². The molecule has 0 aliphatic carbocycles. The van der Waals surface area contributed by atoms with Gasteiger partial charge in [-0.25, -0.2) is 0 Å². The molecule has 2 unspecified atom stereocenters. The summed E-state index contributed by atoms with van der Waals surface area (Å²) < 4.78 is 10.5. The number of hydrogen-bond acceptors (Lipinski definition) is 4. The summed E-state index contributed by atoms with van der Waals surface area (Å²) in [4.78, 5) is 0.0916. The fourth-order valence-corrected chi connectivity index (χ4v) is 3.33. The summed E-state index contributed by atoms with van der Waals surface area (Å²) in [5.41, 5.74) is 0. The molecule has 1 N–H and O–H groups in total. The molecule has 0 amide bonds. The maximum absolute atomic E-state index is 5.23. The van der Waals surface area contributed by atoms with Gasteiger partial charge in [0.2, 0.25) is 0 Å². The highest BCUT2D eigenvalue weighted by molar-refractivity contribution is 8.01. The van der Waals surface area contributed by atoms with Crippen LogP contribution in [0.25, 0.3) is 0 Å². The van der Waals surface area contributed by atoms with Crippen molar-refractivity contribution in [2.24, 2.45) is 0 Å². The lowest BCUT2D eigenvalue weighted by molar-refractivity contribution is -0.112. The van der Waals surface area contributed by atoms with E-state index >= 15 is 0 Å². The minimum Gasteiger partial charge on any atom is -0.356 e. The molecule has 0 spiro atoms. The molecular weight excluding hydrogens is 198 g/mol. The summed E-state index contributed by atoms with van der Waals surface area (Å²) in [6.45, 7) is 5.58. The molecular formula is C10H21NO2S. The standard InChI is InChI=1S/C10H21NO2S/c1-8-5-6-11-10(2,14-8)7-9(12-3)13-4/h8-9,11H,5-7H2,1-4H3. The number of ether oxygens (including phenoxy) is 2. The Hall–Kier alpha value is 0.230. The number of hydrogen-bond donors (Lipinski definition) is 1. The van der Waals surface area contributed by atoms with Crippen LogP contribution in [-0.2, 0) is 9.47 Å². The molecule has 0 aromatic heterocycles. The third-order valence-corrected chi connectivity index (χ3v) is 4.06. The molecule has 0 aromatic rings. The van der Waals surface area contributed by atoms with Gasteiger partial charge in [0.1, 0.15) is 0 Å². The minimum atomic E-state index is -0.106. The predicted molar refractivity (Wildman–Crippen MR) is 60.5 cm³/mol. The Morgan fingerprint density at radius 2 is 2.14 bits per heavy atom. The van der Waals surface area contributed by atoms with Gasteiger partial charge in [0, 0.05) is 25.9 Å². The second kappa shape index (κ2) is 5.35. The smallest absolute Gasteiger partial charge is 0.159 e. The molecule has 14 heavy (non-hydrogen) atoms. The fraction of sp³-hybridized carbons (Fsp3) is 1.00. The maximum Gasteiger partial charge on any atom is 0.159 e. The summed E-state index contributed by atoms with van der Waals surface area (Å²) >= 11 is 1.98. The largest absolute Gasteiger partial charge is 0.356 e. The van der Waals surface area contributed by atoms with E-state index < -0.39 is 0 Å². The van der Waals surface area contributed by atoms with Gasteiger partial charge in [0.15, 0.2) is 6.29 Å². The van der Waals surface area contributed by atoms with Gasteiger partial charge in [-0.3, -0.25) is 0 Å². The molecule has 1 rings (SSSR count). The van der Waals surface area contributed by atoms with Crippen molar-refractivity contribution in [2.45, 2.75) is 43.1 Å². The first-order valence-corrected chi connectivity index (χ1v) is 5.96. The van der Waals surface area contributed by atoms with Crippen LogP contribution in [0.4, 0.5) is 0 Å². The Kier molecular flexibility index (Phi) is 4.70. The van der Waals surface area contributed by atoms with E-state index in [0.29, 0.717) is 0 Å². The van der Waals surface area contributed by atoms with Crippen LogP contribution in [0.3, 0.4) is 0 Å². The first-order chi connectivity index (χ1) is 6.59. The first kappa shape index (κ1) is 12.3. The summed E-state index contributed by atoms with van der Waals surface area (Å²) in [6, 6.07) is 0. The van der Waals surface area contributed by atoms with Crippen molar-refractivity contribution in [3.05, 3.63) is 0 Å². The van der Waals surface area contributed by atoms with E-state index in [2.05, 4.69) is 19.2 Å². The Morgan fingerprint density at radius 3 is 2.64 bits per heavy atom. The van der Waals surface area contributed by atoms with Crippen LogP contribution in [0, 0.1) is 0 Å². The molecule has 0 radical (unpaired) electrons. The average Bonchev–Trinajstić information content (AvgIpc) is 2.14. The van der Waals surface area contributed by atoms with E-state index in [1.165, 1.54) is 6.42 Å². The highest BCUT2D eigenvalue weighted by Crippen LogP contribution is 2.35. The van der Waals surface area contributed by atoms with Crippen LogP contribution in [-0.4, -0.2) is 37.2 Å². The van der Waals surface area contributed by atoms with Gasteiger partial charge in [-0.15, -0.1) is 11.8 Å². The molecule has 1 aliphatic rings. The fourth-order valence-electron chi connectivity index (χ4n) is 1.79. The van der Waals surface area contributed by atoms with Crippen LogP contribution < -0.4 is 5.32 Å². The Morgan fingerprint density at radius 1 is 1.50 bits per heavy atom. The molecule has 4 heteroatoms. The number of thioether (sulfide) groups is 1. The van der Waals surface area contributed by atoms with Crippen molar-refractivity contribution in [3.63, 3.8) is 0 Å². The van der Waals surface area contributed by atoms with Crippen LogP contribution >= 0.6 is 11.8 Å². The Labute approximate surface area is 90.9 Å². The third kappa shape index (κ3) is 3.42. The van der Waals surface area contributed by atoms with Crippen molar-refractivity contribution in [1.82, 2.24) is 5.32 Å². The summed E-state index contributed by atoms with van der Waals surface area (Å²) in [5.74, 6) is 0. The maximum atomic E-state index is 5.23. The van der Waals surface area contributed by atoms with Gasteiger partial charge in [0.25, 0.3) is 0 Å². The van der Waals surface area contributed by atoms with Gasteiger partial charge in [-0.1, -0.05) is 6.92 Å². The monoisotopic (exact) mass is 219 g/mol. The molecule has 3 nitrogen and oxygen atoms in total. The molecule has 1 fully saturated rings. The van der Waals surface area contributed by atoms with Crippen LogP contribution in [0.2, 0.25) is 0 Å². The third-order valence-electron chi connectivity index (χ3n) is 2.59. The van der Waals surface area contributed by atoms with E-state index in [9.17, 15) is 0 Å². The van der Waals surface area contributed by atoms with E-state index in [1.807, 2.05) is 11.8 Å². The summed E-state index contributed by atoms with van der Waals surface area (Å²) in [5, 5.41) is 4.25. The van der Waals surface area contributed by atoms with Crippen LogP contribution in [0.15, 0.2) is 0 Å². The van der Waals surface area contributed by atoms with Crippen molar-refractivity contribution in [1.29, 1.82) is 0 Å².